The van der Waals surface area contributed by atoms with Crippen LogP contribution in [0.4, 0.5) is 4.79 Å². The van der Waals surface area contributed by atoms with E-state index in [-0.39, 0.29) is 18.2 Å². The molecule has 2 amide bonds. The summed E-state index contributed by atoms with van der Waals surface area (Å²) in [6.45, 7) is 6.02. The first kappa shape index (κ1) is 11.2. The van der Waals surface area contributed by atoms with Gasteiger partial charge in [0, 0.05) is 12.1 Å². The van der Waals surface area contributed by atoms with Crippen molar-refractivity contribution in [3.63, 3.8) is 0 Å². The lowest BCUT2D eigenvalue weighted by molar-refractivity contribution is 0.187. The summed E-state index contributed by atoms with van der Waals surface area (Å²) in [5, 5.41) is 15.3. The molecule has 0 heterocycles. The van der Waals surface area contributed by atoms with Crippen LogP contribution in [-0.4, -0.2) is 24.7 Å². The van der Waals surface area contributed by atoms with Crippen LogP contribution in [0, 0.1) is 0 Å². The molecule has 2 N–H and O–H groups in total. The van der Waals surface area contributed by atoms with Crippen molar-refractivity contribution in [2.45, 2.75) is 32.7 Å². The van der Waals surface area contributed by atoms with Gasteiger partial charge in [-0.25, -0.2) is 9.90 Å². The van der Waals surface area contributed by atoms with Gasteiger partial charge in [0.05, 0.1) is 6.61 Å². The van der Waals surface area contributed by atoms with Crippen molar-refractivity contribution >= 4 is 6.03 Å². The van der Waals surface area contributed by atoms with E-state index in [1.54, 1.807) is 0 Å². The third-order valence-electron chi connectivity index (χ3n) is 1.10. The number of rotatable bonds is 3. The largest absolute Gasteiger partial charge is 0.338 e. The molecule has 1 radical (unpaired) electrons. The normalized spacial score (nSPS) is 11.0. The molecule has 0 rings (SSSR count). The molecule has 0 aliphatic carbocycles. The second-order valence-electron chi connectivity index (χ2n) is 3.69. The van der Waals surface area contributed by atoms with Gasteiger partial charge >= 0.3 is 6.03 Å². The van der Waals surface area contributed by atoms with E-state index in [0.717, 1.165) is 0 Å². The minimum absolute atomic E-state index is 0.143. The summed E-state index contributed by atoms with van der Waals surface area (Å²) >= 11 is 0. The van der Waals surface area contributed by atoms with Crippen LogP contribution in [0.15, 0.2) is 0 Å². The third-order valence-corrected chi connectivity index (χ3v) is 1.10. The highest BCUT2D eigenvalue weighted by Gasteiger charge is 2.12. The molecular weight excluding hydrogens is 156 g/mol. The highest BCUT2D eigenvalue weighted by Crippen LogP contribution is 1.96. The minimum atomic E-state index is -0.221. The average Bonchev–Trinajstić information content (AvgIpc) is 1.84. The van der Waals surface area contributed by atoms with Gasteiger partial charge in [-0.3, -0.25) is 0 Å². The fourth-order valence-corrected chi connectivity index (χ4v) is 0.659. The molecule has 0 bridgehead atoms. The van der Waals surface area contributed by atoms with E-state index in [2.05, 4.69) is 10.6 Å². The van der Waals surface area contributed by atoms with Crippen molar-refractivity contribution in [2.24, 2.45) is 0 Å². The van der Waals surface area contributed by atoms with Crippen LogP contribution in [0.25, 0.3) is 0 Å². The molecule has 71 valence electrons. The summed E-state index contributed by atoms with van der Waals surface area (Å²) in [5.41, 5.74) is -0.221. The summed E-state index contributed by atoms with van der Waals surface area (Å²) in [6.07, 6.45) is 0.484. The first-order chi connectivity index (χ1) is 5.45. The van der Waals surface area contributed by atoms with Crippen molar-refractivity contribution in [3.8, 4) is 0 Å². The molecule has 0 spiro atoms. The monoisotopic (exact) mass is 173 g/mol. The summed E-state index contributed by atoms with van der Waals surface area (Å²) in [4.78, 5) is 11.0. The lowest BCUT2D eigenvalue weighted by Gasteiger charge is -2.20. The van der Waals surface area contributed by atoms with Gasteiger partial charge in [-0.05, 0) is 27.2 Å². The van der Waals surface area contributed by atoms with Crippen LogP contribution >= 0.6 is 0 Å². The fourth-order valence-electron chi connectivity index (χ4n) is 0.659. The van der Waals surface area contributed by atoms with Gasteiger partial charge in [-0.15, -0.1) is 0 Å². The molecule has 12 heavy (non-hydrogen) atoms. The molecule has 0 fully saturated rings. The van der Waals surface area contributed by atoms with Gasteiger partial charge in [-0.1, -0.05) is 0 Å². The zero-order valence-electron chi connectivity index (χ0n) is 7.94. The standard InChI is InChI=1S/C8H17N2O2/c1-8(2,3)10-7(12)9-5-4-6-11/h4-6H2,1-3H3,(H2,9,10,12). The van der Waals surface area contributed by atoms with Crippen LogP contribution in [0.5, 0.6) is 0 Å². The maximum Gasteiger partial charge on any atom is 0.315 e. The molecule has 0 unspecified atom stereocenters. The van der Waals surface area contributed by atoms with Crippen molar-refractivity contribution in [1.29, 1.82) is 0 Å². The zero-order valence-corrected chi connectivity index (χ0v) is 7.94. The van der Waals surface area contributed by atoms with Crippen molar-refractivity contribution in [1.82, 2.24) is 10.6 Å². The molecule has 4 heteroatoms. The van der Waals surface area contributed by atoms with Gasteiger partial charge < -0.3 is 10.6 Å². The summed E-state index contributed by atoms with van der Waals surface area (Å²) in [5.74, 6) is 0. The lowest BCUT2D eigenvalue weighted by Crippen LogP contribution is -2.46. The molecule has 0 aromatic carbocycles. The van der Waals surface area contributed by atoms with Crippen molar-refractivity contribution < 1.29 is 9.90 Å². The summed E-state index contributed by atoms with van der Waals surface area (Å²) < 4.78 is 0. The molecule has 0 aromatic rings. The number of hydrogen-bond acceptors (Lipinski definition) is 1. The topological polar surface area (TPSA) is 61.0 Å². The number of amides is 2. The van der Waals surface area contributed by atoms with Gasteiger partial charge in [0.1, 0.15) is 0 Å². The van der Waals surface area contributed by atoms with E-state index >= 15 is 0 Å². The Morgan fingerprint density at radius 3 is 2.33 bits per heavy atom. The molecular formula is C8H17N2O2. The number of hydrogen-bond donors (Lipinski definition) is 2. The molecule has 0 saturated carbocycles. The smallest absolute Gasteiger partial charge is 0.315 e. The number of carbonyl (C=O) groups excluding carboxylic acids is 1. The Bertz CT molecular complexity index is 140. The molecule has 0 saturated heterocycles. The second kappa shape index (κ2) is 4.98. The Kier molecular flexibility index (Phi) is 4.66. The maximum atomic E-state index is 11.0. The first-order valence-corrected chi connectivity index (χ1v) is 4.10. The minimum Gasteiger partial charge on any atom is -0.338 e. The fraction of sp³-hybridized carbons (Fsp3) is 0.875. The predicted octanol–water partition coefficient (Wildman–Crippen LogP) is 0.905. The molecule has 0 atom stereocenters. The van der Waals surface area contributed by atoms with E-state index in [0.29, 0.717) is 13.0 Å². The summed E-state index contributed by atoms with van der Waals surface area (Å²) in [7, 11) is 0. The van der Waals surface area contributed by atoms with E-state index in [9.17, 15) is 9.90 Å². The Labute approximate surface area is 73.3 Å². The summed E-state index contributed by atoms with van der Waals surface area (Å²) in [6, 6.07) is -0.212. The average molecular weight is 173 g/mol. The quantitative estimate of drug-likeness (QED) is 0.612. The van der Waals surface area contributed by atoms with Gasteiger partial charge in [0.2, 0.25) is 0 Å². The van der Waals surface area contributed by atoms with Gasteiger partial charge in [-0.2, -0.15) is 0 Å². The Balaban J connectivity index is 3.47. The van der Waals surface area contributed by atoms with E-state index in [1.807, 2.05) is 20.8 Å². The Hall–Kier alpha value is -0.770. The lowest BCUT2D eigenvalue weighted by atomic mass is 10.1. The third kappa shape index (κ3) is 7.34. The molecule has 0 aliphatic rings. The SMILES string of the molecule is CC(C)(C)NC(=O)NCCC[O]. The van der Waals surface area contributed by atoms with Crippen molar-refractivity contribution in [3.05, 3.63) is 0 Å². The van der Waals surface area contributed by atoms with Crippen LogP contribution in [0.1, 0.15) is 27.2 Å². The Morgan fingerprint density at radius 1 is 1.33 bits per heavy atom. The van der Waals surface area contributed by atoms with Gasteiger partial charge in [0.15, 0.2) is 0 Å². The van der Waals surface area contributed by atoms with E-state index in [1.165, 1.54) is 0 Å². The first-order valence-electron chi connectivity index (χ1n) is 4.10. The number of carbonyl (C=O) groups is 1. The predicted molar refractivity (Wildman–Crippen MR) is 46.5 cm³/mol. The number of urea groups is 1. The van der Waals surface area contributed by atoms with Crippen LogP contribution < -0.4 is 10.6 Å². The number of nitrogens with one attached hydrogen (secondary N) is 2. The van der Waals surface area contributed by atoms with Crippen molar-refractivity contribution in [2.75, 3.05) is 13.2 Å². The van der Waals surface area contributed by atoms with E-state index in [4.69, 9.17) is 0 Å². The molecule has 4 nitrogen and oxygen atoms in total. The zero-order chi connectivity index (χ0) is 9.61. The Morgan fingerprint density at radius 2 is 1.92 bits per heavy atom. The van der Waals surface area contributed by atoms with E-state index < -0.39 is 0 Å². The highest BCUT2D eigenvalue weighted by atomic mass is 16.3. The molecule has 0 aliphatic heterocycles. The highest BCUT2D eigenvalue weighted by molar-refractivity contribution is 5.74. The maximum absolute atomic E-state index is 11.0. The van der Waals surface area contributed by atoms with Gasteiger partial charge in [0.25, 0.3) is 0 Å². The second-order valence-corrected chi connectivity index (χ2v) is 3.69. The van der Waals surface area contributed by atoms with Crippen LogP contribution in [0.3, 0.4) is 0 Å². The van der Waals surface area contributed by atoms with Crippen LogP contribution in [0.2, 0.25) is 0 Å². The van der Waals surface area contributed by atoms with Crippen LogP contribution in [-0.2, 0) is 5.11 Å². The molecule has 0 aromatic heterocycles.